The molecule has 7 aromatic rings. The Balaban J connectivity index is 1.34. The molecule has 9 rings (SSSR count). The zero-order chi connectivity index (χ0) is 35.5. The maximum atomic E-state index is 6.82. The molecular formula is C49H41BO2. The minimum absolute atomic E-state index is 0.449. The normalized spacial score (nSPS) is 16.3. The smallest absolute Gasteiger partial charge is 0.399 e. The van der Waals surface area contributed by atoms with Crippen LogP contribution in [0.2, 0.25) is 0 Å². The van der Waals surface area contributed by atoms with Gasteiger partial charge in [-0.1, -0.05) is 164 Å². The number of hydrogen-bond acceptors (Lipinski definition) is 2. The van der Waals surface area contributed by atoms with Crippen LogP contribution >= 0.6 is 0 Å². The van der Waals surface area contributed by atoms with Crippen molar-refractivity contribution in [2.45, 2.75) is 44.3 Å². The van der Waals surface area contributed by atoms with Crippen LogP contribution in [0.1, 0.15) is 49.9 Å². The van der Waals surface area contributed by atoms with Gasteiger partial charge in [-0.15, -0.1) is 0 Å². The van der Waals surface area contributed by atoms with Gasteiger partial charge in [0.05, 0.1) is 16.6 Å². The second-order valence-corrected chi connectivity index (χ2v) is 15.1. The first-order valence-electron chi connectivity index (χ1n) is 18.3. The van der Waals surface area contributed by atoms with E-state index in [-0.39, 0.29) is 0 Å². The van der Waals surface area contributed by atoms with Crippen molar-refractivity contribution in [3.63, 3.8) is 0 Å². The molecule has 1 saturated heterocycles. The summed E-state index contributed by atoms with van der Waals surface area (Å²) >= 11 is 0. The highest BCUT2D eigenvalue weighted by Gasteiger charge is 2.53. The van der Waals surface area contributed by atoms with E-state index in [0.29, 0.717) is 0 Å². The fourth-order valence-electron chi connectivity index (χ4n) is 8.39. The molecule has 0 amide bonds. The van der Waals surface area contributed by atoms with Crippen LogP contribution < -0.4 is 5.46 Å². The molecule has 1 aliphatic heterocycles. The second kappa shape index (κ2) is 12.3. The van der Waals surface area contributed by atoms with Gasteiger partial charge in [-0.05, 0) is 112 Å². The van der Waals surface area contributed by atoms with E-state index in [1.54, 1.807) is 0 Å². The van der Waals surface area contributed by atoms with Gasteiger partial charge in [0, 0.05) is 0 Å². The van der Waals surface area contributed by atoms with Crippen molar-refractivity contribution >= 4 is 12.6 Å². The molecule has 0 spiro atoms. The van der Waals surface area contributed by atoms with E-state index in [1.165, 1.54) is 33.4 Å². The molecular weight excluding hydrogens is 631 g/mol. The van der Waals surface area contributed by atoms with E-state index in [2.05, 4.69) is 204 Å². The third-order valence-corrected chi connectivity index (χ3v) is 11.6. The summed E-state index contributed by atoms with van der Waals surface area (Å²) < 4.78 is 13.6. The largest absolute Gasteiger partial charge is 0.495 e. The number of fused-ring (bicyclic) bond motifs is 3. The highest BCUT2D eigenvalue weighted by Crippen LogP contribution is 2.57. The van der Waals surface area contributed by atoms with E-state index >= 15 is 0 Å². The summed E-state index contributed by atoms with van der Waals surface area (Å²) in [5, 5.41) is 0. The van der Waals surface area contributed by atoms with Gasteiger partial charge in [-0.3, -0.25) is 0 Å². The van der Waals surface area contributed by atoms with Crippen molar-refractivity contribution < 1.29 is 9.31 Å². The summed E-state index contributed by atoms with van der Waals surface area (Å²) in [6.07, 6.45) is 0. The zero-order valence-electron chi connectivity index (χ0n) is 30.1. The van der Waals surface area contributed by atoms with Gasteiger partial charge in [0.1, 0.15) is 0 Å². The van der Waals surface area contributed by atoms with Gasteiger partial charge in [0.15, 0.2) is 0 Å². The molecule has 1 fully saturated rings. The lowest BCUT2D eigenvalue weighted by atomic mass is 9.67. The Hall–Kier alpha value is -5.48. The average molecular weight is 673 g/mol. The van der Waals surface area contributed by atoms with E-state index in [1.807, 2.05) is 0 Å². The van der Waals surface area contributed by atoms with Crippen molar-refractivity contribution in [1.29, 1.82) is 0 Å². The van der Waals surface area contributed by atoms with Crippen LogP contribution in [0, 0.1) is 0 Å². The molecule has 52 heavy (non-hydrogen) atoms. The molecule has 2 nitrogen and oxygen atoms in total. The van der Waals surface area contributed by atoms with Gasteiger partial charge in [-0.25, -0.2) is 0 Å². The standard InChI is InChI=1S/C49H41BO2/c1-47(2)48(3,4)52-50(51-47)45-33-37(34-19-9-5-10-20-34)32-41(46(45)35-21-11-6-12-22-35)36-29-30-44-42(31-36)40-27-17-18-28-43(40)49(44,38-23-13-7-14-24-38)39-25-15-8-16-26-39/h5-33H,1-4H3. The highest BCUT2D eigenvalue weighted by atomic mass is 16.7. The Bertz CT molecular complexity index is 2340. The lowest BCUT2D eigenvalue weighted by Gasteiger charge is -2.34. The minimum atomic E-state index is -0.540. The van der Waals surface area contributed by atoms with Gasteiger partial charge in [0.25, 0.3) is 0 Å². The first-order valence-corrected chi connectivity index (χ1v) is 18.3. The van der Waals surface area contributed by atoms with Gasteiger partial charge in [-0.2, -0.15) is 0 Å². The maximum absolute atomic E-state index is 6.82. The van der Waals surface area contributed by atoms with E-state index in [4.69, 9.17) is 9.31 Å². The van der Waals surface area contributed by atoms with Crippen LogP contribution in [-0.2, 0) is 14.7 Å². The molecule has 2 aliphatic rings. The van der Waals surface area contributed by atoms with Crippen LogP contribution in [-0.4, -0.2) is 18.3 Å². The Morgan fingerprint density at radius 3 is 1.46 bits per heavy atom. The number of hydrogen-bond donors (Lipinski definition) is 0. The summed E-state index contributed by atoms with van der Waals surface area (Å²) in [6.45, 7) is 8.50. The van der Waals surface area contributed by atoms with E-state index < -0.39 is 23.7 Å². The molecule has 1 heterocycles. The Labute approximate surface area is 307 Å². The zero-order valence-corrected chi connectivity index (χ0v) is 30.1. The maximum Gasteiger partial charge on any atom is 0.495 e. The van der Waals surface area contributed by atoms with E-state index in [9.17, 15) is 0 Å². The molecule has 0 unspecified atom stereocenters. The molecule has 0 saturated carbocycles. The van der Waals surface area contributed by atoms with Crippen LogP contribution in [0.4, 0.5) is 0 Å². The molecule has 0 atom stereocenters. The third-order valence-electron chi connectivity index (χ3n) is 11.6. The van der Waals surface area contributed by atoms with Gasteiger partial charge >= 0.3 is 7.12 Å². The Kier molecular flexibility index (Phi) is 7.70. The fourth-order valence-corrected chi connectivity index (χ4v) is 8.39. The first kappa shape index (κ1) is 32.4. The predicted octanol–water partition coefficient (Wildman–Crippen LogP) is 11.3. The van der Waals surface area contributed by atoms with Crippen molar-refractivity contribution in [2.24, 2.45) is 0 Å². The second-order valence-electron chi connectivity index (χ2n) is 15.1. The van der Waals surface area contributed by atoms with Crippen LogP contribution in [0.25, 0.3) is 44.5 Å². The van der Waals surface area contributed by atoms with Crippen LogP contribution in [0.15, 0.2) is 176 Å². The predicted molar refractivity (Wildman–Crippen MR) is 216 cm³/mol. The van der Waals surface area contributed by atoms with Gasteiger partial charge in [0.2, 0.25) is 0 Å². The third kappa shape index (κ3) is 5.03. The van der Waals surface area contributed by atoms with Crippen molar-refractivity contribution in [1.82, 2.24) is 0 Å². The number of benzene rings is 7. The van der Waals surface area contributed by atoms with Crippen molar-refractivity contribution in [3.05, 3.63) is 198 Å². The average Bonchev–Trinajstić information content (AvgIpc) is 3.61. The minimum Gasteiger partial charge on any atom is -0.399 e. The summed E-state index contributed by atoms with van der Waals surface area (Å²) in [4.78, 5) is 0. The van der Waals surface area contributed by atoms with Crippen molar-refractivity contribution in [2.75, 3.05) is 0 Å². The monoisotopic (exact) mass is 672 g/mol. The summed E-state index contributed by atoms with van der Waals surface area (Å²) in [5.74, 6) is 0. The van der Waals surface area contributed by atoms with Crippen LogP contribution in [0.3, 0.4) is 0 Å². The molecule has 0 N–H and O–H groups in total. The highest BCUT2D eigenvalue weighted by molar-refractivity contribution is 6.64. The fraction of sp³-hybridized carbons (Fsp3) is 0.143. The Morgan fingerprint density at radius 2 is 0.865 bits per heavy atom. The Morgan fingerprint density at radius 1 is 0.385 bits per heavy atom. The topological polar surface area (TPSA) is 18.5 Å². The van der Waals surface area contributed by atoms with E-state index in [0.717, 1.165) is 38.8 Å². The molecule has 3 heteroatoms. The molecule has 252 valence electrons. The summed E-state index contributed by atoms with van der Waals surface area (Å²) in [7, 11) is -0.540. The van der Waals surface area contributed by atoms with Gasteiger partial charge < -0.3 is 9.31 Å². The SMILES string of the molecule is CC1(C)OB(c2cc(-c3ccccc3)cc(-c3ccc4c(c3)-c3ccccc3C4(c3ccccc3)c3ccccc3)c2-c2ccccc2)OC1(C)C. The molecule has 7 aromatic carbocycles. The lowest BCUT2D eigenvalue weighted by Crippen LogP contribution is -2.41. The molecule has 0 bridgehead atoms. The molecule has 0 radical (unpaired) electrons. The van der Waals surface area contributed by atoms with Crippen molar-refractivity contribution in [3.8, 4) is 44.5 Å². The quantitative estimate of drug-likeness (QED) is 0.164. The summed E-state index contributed by atoms with van der Waals surface area (Å²) in [5.41, 5.74) is 14.1. The first-order chi connectivity index (χ1) is 25.3. The lowest BCUT2D eigenvalue weighted by molar-refractivity contribution is 0.00578. The van der Waals surface area contributed by atoms with Crippen LogP contribution in [0.5, 0.6) is 0 Å². The number of rotatable bonds is 6. The summed E-state index contributed by atoms with van der Waals surface area (Å²) in [6, 6.07) is 64.1. The molecule has 0 aromatic heterocycles. The molecule has 1 aliphatic carbocycles.